The van der Waals surface area contributed by atoms with Crippen molar-refractivity contribution in [3.05, 3.63) is 35.4 Å². The Bertz CT molecular complexity index is 293. The minimum Gasteiger partial charge on any atom is -0.387 e. The summed E-state index contributed by atoms with van der Waals surface area (Å²) in [4.78, 5) is 0. The van der Waals surface area contributed by atoms with Gasteiger partial charge in [0.2, 0.25) is 0 Å². The molecule has 1 atom stereocenters. The van der Waals surface area contributed by atoms with E-state index in [4.69, 9.17) is 5.84 Å². The Morgan fingerprint density at radius 1 is 1.38 bits per heavy atom. The first-order valence-corrected chi connectivity index (χ1v) is 3.71. The summed E-state index contributed by atoms with van der Waals surface area (Å²) in [5.41, 5.74) is 2.52. The summed E-state index contributed by atoms with van der Waals surface area (Å²) in [6.07, 6.45) is -0.930. The molecule has 0 aromatic heterocycles. The van der Waals surface area contributed by atoms with Gasteiger partial charge in [-0.05, 0) is 17.7 Å². The van der Waals surface area contributed by atoms with Gasteiger partial charge in [0.05, 0.1) is 6.10 Å². The van der Waals surface area contributed by atoms with E-state index < -0.39 is 17.7 Å². The van der Waals surface area contributed by atoms with Gasteiger partial charge in [-0.3, -0.25) is 11.3 Å². The standard InChI is InChI=1S/C8H10F2N2O/c9-6-2-1-5(3-7(6)10)8(13)4-12-11/h1-3,8,12-13H,4,11H2. The first-order valence-electron chi connectivity index (χ1n) is 3.71. The second kappa shape index (κ2) is 4.27. The minimum absolute atomic E-state index is 0.0884. The molecule has 0 radical (unpaired) electrons. The van der Waals surface area contributed by atoms with E-state index in [1.807, 2.05) is 0 Å². The molecule has 0 bridgehead atoms. The number of halogens is 2. The maximum absolute atomic E-state index is 12.6. The molecule has 3 nitrogen and oxygen atoms in total. The average Bonchev–Trinajstić information content (AvgIpc) is 2.10. The molecule has 0 aliphatic rings. The third-order valence-corrected chi connectivity index (χ3v) is 1.64. The molecule has 1 rings (SSSR count). The second-order valence-corrected chi connectivity index (χ2v) is 2.60. The molecule has 4 N–H and O–H groups in total. The highest BCUT2D eigenvalue weighted by Gasteiger charge is 2.09. The summed E-state index contributed by atoms with van der Waals surface area (Å²) in [6, 6.07) is 3.21. The molecule has 0 spiro atoms. The smallest absolute Gasteiger partial charge is 0.159 e. The Kier molecular flexibility index (Phi) is 3.30. The molecular formula is C8H10F2N2O. The first kappa shape index (κ1) is 10.0. The largest absolute Gasteiger partial charge is 0.387 e. The summed E-state index contributed by atoms with van der Waals surface area (Å²) in [5.74, 6) is 3.05. The Balaban J connectivity index is 2.84. The molecule has 0 amide bonds. The van der Waals surface area contributed by atoms with Gasteiger partial charge in [0, 0.05) is 6.54 Å². The van der Waals surface area contributed by atoms with Crippen molar-refractivity contribution in [1.29, 1.82) is 0 Å². The maximum atomic E-state index is 12.6. The second-order valence-electron chi connectivity index (χ2n) is 2.60. The number of nitrogens with one attached hydrogen (secondary N) is 1. The van der Waals surface area contributed by atoms with Crippen LogP contribution in [0, 0.1) is 11.6 Å². The van der Waals surface area contributed by atoms with E-state index >= 15 is 0 Å². The number of rotatable bonds is 3. The van der Waals surface area contributed by atoms with Crippen molar-refractivity contribution in [3.8, 4) is 0 Å². The lowest BCUT2D eigenvalue weighted by Gasteiger charge is -2.09. The molecule has 0 aliphatic carbocycles. The van der Waals surface area contributed by atoms with Crippen LogP contribution in [0.3, 0.4) is 0 Å². The van der Waals surface area contributed by atoms with Crippen LogP contribution in [0.5, 0.6) is 0 Å². The van der Waals surface area contributed by atoms with Crippen molar-refractivity contribution in [2.75, 3.05) is 6.54 Å². The molecule has 72 valence electrons. The van der Waals surface area contributed by atoms with Crippen LogP contribution in [0.25, 0.3) is 0 Å². The van der Waals surface area contributed by atoms with Crippen LogP contribution in [-0.2, 0) is 0 Å². The molecule has 0 saturated carbocycles. The van der Waals surface area contributed by atoms with Crippen molar-refractivity contribution in [2.24, 2.45) is 5.84 Å². The monoisotopic (exact) mass is 188 g/mol. The first-order chi connectivity index (χ1) is 6.15. The number of hydrazine groups is 1. The zero-order chi connectivity index (χ0) is 9.84. The molecule has 1 aromatic rings. The Morgan fingerprint density at radius 2 is 2.08 bits per heavy atom. The van der Waals surface area contributed by atoms with Gasteiger partial charge in [0.15, 0.2) is 11.6 Å². The topological polar surface area (TPSA) is 58.3 Å². The predicted molar refractivity (Wildman–Crippen MR) is 43.5 cm³/mol. The van der Waals surface area contributed by atoms with Crippen LogP contribution in [0.1, 0.15) is 11.7 Å². The number of hydrogen-bond acceptors (Lipinski definition) is 3. The highest BCUT2D eigenvalue weighted by atomic mass is 19.2. The number of hydrogen-bond donors (Lipinski definition) is 3. The van der Waals surface area contributed by atoms with Crippen LogP contribution < -0.4 is 11.3 Å². The van der Waals surface area contributed by atoms with Gasteiger partial charge >= 0.3 is 0 Å². The van der Waals surface area contributed by atoms with Crippen LogP contribution in [0.2, 0.25) is 0 Å². The van der Waals surface area contributed by atoms with Crippen molar-refractivity contribution in [1.82, 2.24) is 5.43 Å². The van der Waals surface area contributed by atoms with E-state index in [1.165, 1.54) is 6.07 Å². The van der Waals surface area contributed by atoms with Gasteiger partial charge in [-0.15, -0.1) is 0 Å². The van der Waals surface area contributed by atoms with Crippen molar-refractivity contribution >= 4 is 0 Å². The third kappa shape index (κ3) is 2.45. The highest BCUT2D eigenvalue weighted by molar-refractivity contribution is 5.20. The lowest BCUT2D eigenvalue weighted by atomic mass is 10.1. The Labute approximate surface area is 74.1 Å². The zero-order valence-corrected chi connectivity index (χ0v) is 6.80. The summed E-state index contributed by atoms with van der Waals surface area (Å²) >= 11 is 0. The third-order valence-electron chi connectivity index (χ3n) is 1.64. The van der Waals surface area contributed by atoms with E-state index in [-0.39, 0.29) is 12.1 Å². The van der Waals surface area contributed by atoms with E-state index in [0.717, 1.165) is 12.1 Å². The van der Waals surface area contributed by atoms with Crippen LogP contribution in [0.4, 0.5) is 8.78 Å². The van der Waals surface area contributed by atoms with Gasteiger partial charge in [0.1, 0.15) is 0 Å². The SMILES string of the molecule is NNCC(O)c1ccc(F)c(F)c1. The molecular weight excluding hydrogens is 178 g/mol. The van der Waals surface area contributed by atoms with E-state index in [2.05, 4.69) is 5.43 Å². The molecule has 13 heavy (non-hydrogen) atoms. The number of benzene rings is 1. The molecule has 1 aromatic carbocycles. The van der Waals surface area contributed by atoms with Crippen LogP contribution in [-0.4, -0.2) is 11.7 Å². The van der Waals surface area contributed by atoms with Gasteiger partial charge in [-0.25, -0.2) is 8.78 Å². The van der Waals surface area contributed by atoms with Gasteiger partial charge in [-0.1, -0.05) is 6.07 Å². The summed E-state index contributed by atoms with van der Waals surface area (Å²) in [5, 5.41) is 9.30. The Morgan fingerprint density at radius 3 is 2.62 bits per heavy atom. The lowest BCUT2D eigenvalue weighted by molar-refractivity contribution is 0.174. The quantitative estimate of drug-likeness (QED) is 0.477. The van der Waals surface area contributed by atoms with E-state index in [1.54, 1.807) is 0 Å². The van der Waals surface area contributed by atoms with Crippen molar-refractivity contribution in [2.45, 2.75) is 6.10 Å². The molecule has 0 heterocycles. The summed E-state index contributed by atoms with van der Waals surface area (Å²) in [6.45, 7) is 0.0884. The minimum atomic E-state index is -0.978. The van der Waals surface area contributed by atoms with Gasteiger partial charge in [-0.2, -0.15) is 0 Å². The normalized spacial score (nSPS) is 12.9. The molecule has 1 unspecified atom stereocenters. The van der Waals surface area contributed by atoms with E-state index in [9.17, 15) is 13.9 Å². The molecule has 0 aliphatic heterocycles. The molecule has 0 fully saturated rings. The summed E-state index contributed by atoms with van der Waals surface area (Å²) in [7, 11) is 0. The number of aliphatic hydroxyl groups excluding tert-OH is 1. The molecule has 0 saturated heterocycles. The predicted octanol–water partition coefficient (Wildman–Crippen LogP) is 0.461. The van der Waals surface area contributed by atoms with Crippen molar-refractivity contribution < 1.29 is 13.9 Å². The fourth-order valence-corrected chi connectivity index (χ4v) is 0.949. The van der Waals surface area contributed by atoms with Gasteiger partial charge in [0.25, 0.3) is 0 Å². The fourth-order valence-electron chi connectivity index (χ4n) is 0.949. The van der Waals surface area contributed by atoms with Crippen LogP contribution in [0.15, 0.2) is 18.2 Å². The number of nitrogens with two attached hydrogens (primary N) is 1. The molecule has 5 heteroatoms. The maximum Gasteiger partial charge on any atom is 0.159 e. The fraction of sp³-hybridized carbons (Fsp3) is 0.250. The lowest BCUT2D eigenvalue weighted by Crippen LogP contribution is -2.27. The summed E-state index contributed by atoms with van der Waals surface area (Å²) < 4.78 is 25.1. The number of aliphatic hydroxyl groups is 1. The highest BCUT2D eigenvalue weighted by Crippen LogP contribution is 2.15. The van der Waals surface area contributed by atoms with E-state index in [0.29, 0.717) is 0 Å². The van der Waals surface area contributed by atoms with Crippen molar-refractivity contribution in [3.63, 3.8) is 0 Å². The van der Waals surface area contributed by atoms with Crippen LogP contribution >= 0.6 is 0 Å². The average molecular weight is 188 g/mol. The Hall–Kier alpha value is -1.04. The zero-order valence-electron chi connectivity index (χ0n) is 6.80. The van der Waals surface area contributed by atoms with Gasteiger partial charge < -0.3 is 5.11 Å².